The first-order valence-corrected chi connectivity index (χ1v) is 6.27. The zero-order valence-corrected chi connectivity index (χ0v) is 10.6. The Balaban J connectivity index is 1.70. The summed E-state index contributed by atoms with van der Waals surface area (Å²) in [5, 5.41) is 8.88. The van der Waals surface area contributed by atoms with Crippen molar-refractivity contribution in [1.82, 2.24) is 4.90 Å². The van der Waals surface area contributed by atoms with Crippen molar-refractivity contribution in [3.8, 4) is 5.75 Å². The predicted octanol–water partition coefficient (Wildman–Crippen LogP) is 1.21. The second-order valence-electron chi connectivity index (χ2n) is 4.71. The topological polar surface area (TPSA) is 49.8 Å². The van der Waals surface area contributed by atoms with E-state index in [0.717, 1.165) is 11.3 Å². The molecule has 1 aliphatic rings. The maximum atomic E-state index is 11.7. The number of ether oxygens (including phenoxy) is 1. The molecule has 0 aliphatic carbocycles. The number of likely N-dealkylation sites (tertiary alicyclic amines) is 1. The molecule has 0 radical (unpaired) electrons. The molecule has 1 aromatic carbocycles. The van der Waals surface area contributed by atoms with E-state index in [1.165, 1.54) is 0 Å². The van der Waals surface area contributed by atoms with Crippen LogP contribution in [0.1, 0.15) is 12.0 Å². The number of aliphatic hydroxyl groups excluding tert-OH is 1. The lowest BCUT2D eigenvalue weighted by molar-refractivity contribution is -0.138. The number of carbonyl (C=O) groups is 1. The van der Waals surface area contributed by atoms with Gasteiger partial charge in [-0.05, 0) is 18.6 Å². The van der Waals surface area contributed by atoms with E-state index in [9.17, 15) is 4.79 Å². The summed E-state index contributed by atoms with van der Waals surface area (Å²) in [7, 11) is 0. The van der Waals surface area contributed by atoms with Crippen molar-refractivity contribution in [1.29, 1.82) is 0 Å². The number of hydrogen-bond acceptors (Lipinski definition) is 3. The van der Waals surface area contributed by atoms with Gasteiger partial charge >= 0.3 is 0 Å². The van der Waals surface area contributed by atoms with Gasteiger partial charge in [0.05, 0.1) is 13.0 Å². The minimum absolute atomic E-state index is 0.105. The first kappa shape index (κ1) is 12.9. The van der Waals surface area contributed by atoms with Crippen molar-refractivity contribution in [2.24, 2.45) is 5.92 Å². The van der Waals surface area contributed by atoms with Gasteiger partial charge in [0.1, 0.15) is 5.75 Å². The van der Waals surface area contributed by atoms with Crippen molar-refractivity contribution >= 4 is 5.91 Å². The van der Waals surface area contributed by atoms with Crippen LogP contribution in [0.2, 0.25) is 0 Å². The number of benzene rings is 1. The minimum atomic E-state index is 0.105. The van der Waals surface area contributed by atoms with Gasteiger partial charge in [-0.3, -0.25) is 4.79 Å². The molecule has 1 heterocycles. The van der Waals surface area contributed by atoms with Crippen molar-refractivity contribution in [3.63, 3.8) is 0 Å². The zero-order chi connectivity index (χ0) is 13.0. The van der Waals surface area contributed by atoms with Gasteiger partial charge in [-0.25, -0.2) is 0 Å². The molecule has 2 rings (SSSR count). The van der Waals surface area contributed by atoms with Crippen molar-refractivity contribution < 1.29 is 14.6 Å². The number of amides is 1. The third kappa shape index (κ3) is 3.01. The van der Waals surface area contributed by atoms with Gasteiger partial charge in [0.15, 0.2) is 0 Å². The Morgan fingerprint density at radius 1 is 1.44 bits per heavy atom. The molecule has 1 aromatic rings. The van der Waals surface area contributed by atoms with Crippen molar-refractivity contribution in [3.05, 3.63) is 29.8 Å². The Morgan fingerprint density at radius 3 is 2.83 bits per heavy atom. The molecule has 0 atom stereocenters. The molecule has 0 saturated carbocycles. The van der Waals surface area contributed by atoms with E-state index in [2.05, 4.69) is 0 Å². The Labute approximate surface area is 107 Å². The first-order chi connectivity index (χ1) is 8.70. The second kappa shape index (κ2) is 5.87. The summed E-state index contributed by atoms with van der Waals surface area (Å²) >= 11 is 0. The number of hydrogen-bond donors (Lipinski definition) is 1. The van der Waals surface area contributed by atoms with Gasteiger partial charge in [-0.2, -0.15) is 0 Å². The van der Waals surface area contributed by atoms with E-state index >= 15 is 0 Å². The fourth-order valence-electron chi connectivity index (χ4n) is 2.01. The lowest BCUT2D eigenvalue weighted by atomic mass is 10.0. The normalized spacial score (nSPS) is 15.3. The highest BCUT2D eigenvalue weighted by atomic mass is 16.5. The number of nitrogens with zero attached hydrogens (tertiary/aromatic N) is 1. The summed E-state index contributed by atoms with van der Waals surface area (Å²) in [4.78, 5) is 13.5. The number of para-hydroxylation sites is 1. The average Bonchev–Trinajstić information content (AvgIpc) is 2.30. The Bertz CT molecular complexity index is 413. The quantitative estimate of drug-likeness (QED) is 0.853. The van der Waals surface area contributed by atoms with Crippen LogP contribution in [0.3, 0.4) is 0 Å². The molecular weight excluding hydrogens is 230 g/mol. The van der Waals surface area contributed by atoms with Gasteiger partial charge in [-0.1, -0.05) is 18.2 Å². The van der Waals surface area contributed by atoms with E-state index < -0.39 is 0 Å². The van der Waals surface area contributed by atoms with Gasteiger partial charge < -0.3 is 14.7 Å². The molecule has 0 aromatic heterocycles. The SMILES string of the molecule is Cc1ccccc1OCCC(=O)N1CC(CO)C1. The number of rotatable bonds is 5. The highest BCUT2D eigenvalue weighted by Gasteiger charge is 2.29. The van der Waals surface area contributed by atoms with E-state index in [1.54, 1.807) is 4.90 Å². The zero-order valence-electron chi connectivity index (χ0n) is 10.6. The Kier molecular flexibility index (Phi) is 4.20. The van der Waals surface area contributed by atoms with Crippen molar-refractivity contribution in [2.75, 3.05) is 26.3 Å². The summed E-state index contributed by atoms with van der Waals surface area (Å²) in [5.41, 5.74) is 1.08. The van der Waals surface area contributed by atoms with Crippen LogP contribution < -0.4 is 4.74 Å². The molecule has 4 nitrogen and oxygen atoms in total. The van der Waals surface area contributed by atoms with Crippen LogP contribution in [0.15, 0.2) is 24.3 Å². The van der Waals surface area contributed by atoms with Crippen LogP contribution in [0, 0.1) is 12.8 Å². The molecule has 4 heteroatoms. The molecule has 1 aliphatic heterocycles. The highest BCUT2D eigenvalue weighted by molar-refractivity contribution is 5.77. The lowest BCUT2D eigenvalue weighted by Gasteiger charge is -2.38. The summed E-state index contributed by atoms with van der Waals surface area (Å²) in [6, 6.07) is 7.78. The van der Waals surface area contributed by atoms with Crippen LogP contribution >= 0.6 is 0 Å². The molecule has 0 spiro atoms. The molecule has 18 heavy (non-hydrogen) atoms. The van der Waals surface area contributed by atoms with E-state index in [1.807, 2.05) is 31.2 Å². The molecule has 1 saturated heterocycles. The molecule has 1 fully saturated rings. The van der Waals surface area contributed by atoms with Crippen LogP contribution in [0.5, 0.6) is 5.75 Å². The average molecular weight is 249 g/mol. The van der Waals surface area contributed by atoms with E-state index in [4.69, 9.17) is 9.84 Å². The third-order valence-electron chi connectivity index (χ3n) is 3.24. The summed E-state index contributed by atoms with van der Waals surface area (Å²) in [5.74, 6) is 1.21. The van der Waals surface area contributed by atoms with Gasteiger partial charge in [-0.15, -0.1) is 0 Å². The molecule has 98 valence electrons. The largest absolute Gasteiger partial charge is 0.493 e. The van der Waals surface area contributed by atoms with E-state index in [0.29, 0.717) is 26.1 Å². The van der Waals surface area contributed by atoms with Gasteiger partial charge in [0, 0.05) is 25.6 Å². The molecule has 1 N–H and O–H groups in total. The minimum Gasteiger partial charge on any atom is -0.493 e. The summed E-state index contributed by atoms with van der Waals surface area (Å²) in [6.07, 6.45) is 0.395. The molecular formula is C14H19NO3. The Morgan fingerprint density at radius 2 is 2.17 bits per heavy atom. The molecule has 1 amide bonds. The fraction of sp³-hybridized carbons (Fsp3) is 0.500. The molecule has 0 bridgehead atoms. The van der Waals surface area contributed by atoms with Gasteiger partial charge in [0.25, 0.3) is 0 Å². The maximum Gasteiger partial charge on any atom is 0.226 e. The number of aliphatic hydroxyl groups is 1. The van der Waals surface area contributed by atoms with E-state index in [-0.39, 0.29) is 18.4 Å². The van der Waals surface area contributed by atoms with Crippen LogP contribution in [0.4, 0.5) is 0 Å². The number of aryl methyl sites for hydroxylation is 1. The summed E-state index contributed by atoms with van der Waals surface area (Å²) in [6.45, 7) is 3.92. The maximum absolute atomic E-state index is 11.7. The second-order valence-corrected chi connectivity index (χ2v) is 4.71. The van der Waals surface area contributed by atoms with Gasteiger partial charge in [0.2, 0.25) is 5.91 Å². The standard InChI is InChI=1S/C14H19NO3/c1-11-4-2-3-5-13(11)18-7-6-14(17)15-8-12(9-15)10-16/h2-5,12,16H,6-10H2,1H3. The highest BCUT2D eigenvalue weighted by Crippen LogP contribution is 2.18. The first-order valence-electron chi connectivity index (χ1n) is 6.27. The summed E-state index contributed by atoms with van der Waals surface area (Å²) < 4.78 is 5.58. The molecule has 0 unspecified atom stereocenters. The fourth-order valence-corrected chi connectivity index (χ4v) is 2.01. The predicted molar refractivity (Wildman–Crippen MR) is 68.4 cm³/mol. The van der Waals surface area contributed by atoms with Crippen LogP contribution in [-0.2, 0) is 4.79 Å². The lowest BCUT2D eigenvalue weighted by Crippen LogP contribution is -2.51. The Hall–Kier alpha value is -1.55. The van der Waals surface area contributed by atoms with Crippen LogP contribution in [0.25, 0.3) is 0 Å². The number of carbonyl (C=O) groups excluding carboxylic acids is 1. The monoisotopic (exact) mass is 249 g/mol. The smallest absolute Gasteiger partial charge is 0.226 e. The van der Waals surface area contributed by atoms with Crippen molar-refractivity contribution in [2.45, 2.75) is 13.3 Å². The van der Waals surface area contributed by atoms with Crippen LogP contribution in [-0.4, -0.2) is 42.2 Å². The third-order valence-corrected chi connectivity index (χ3v) is 3.24.